The zero-order valence-corrected chi connectivity index (χ0v) is 13.1. The first kappa shape index (κ1) is 15.0. The van der Waals surface area contributed by atoms with Crippen LogP contribution in [-0.4, -0.2) is 35.8 Å². The van der Waals surface area contributed by atoms with Crippen molar-refractivity contribution in [3.63, 3.8) is 0 Å². The van der Waals surface area contributed by atoms with Gasteiger partial charge in [-0.05, 0) is 17.7 Å². The van der Waals surface area contributed by atoms with Crippen LogP contribution in [0.2, 0.25) is 0 Å². The SMILES string of the molecule is O=c1[nH]c2cc(OC3CN(COCc4ccccc4)C3)ccc2o1.[HH]. The lowest BCUT2D eigenvalue weighted by atomic mass is 10.2. The largest absolute Gasteiger partial charge is 0.488 e. The number of nitrogens with zero attached hydrogens (tertiary/aromatic N) is 1. The molecule has 0 bridgehead atoms. The molecular formula is C18H20N2O4. The van der Waals surface area contributed by atoms with Crippen LogP contribution in [0.25, 0.3) is 11.1 Å². The molecular weight excluding hydrogens is 308 g/mol. The van der Waals surface area contributed by atoms with E-state index in [9.17, 15) is 4.79 Å². The molecule has 24 heavy (non-hydrogen) atoms. The summed E-state index contributed by atoms with van der Waals surface area (Å²) in [5.74, 6) is 0.280. The molecule has 1 aliphatic heterocycles. The second kappa shape index (κ2) is 6.51. The molecule has 0 spiro atoms. The van der Waals surface area contributed by atoms with Crippen molar-refractivity contribution >= 4 is 11.1 Å². The number of benzene rings is 2. The normalized spacial score (nSPS) is 15.5. The van der Waals surface area contributed by atoms with Gasteiger partial charge in [0.15, 0.2) is 5.58 Å². The van der Waals surface area contributed by atoms with E-state index >= 15 is 0 Å². The number of fused-ring (bicyclic) bond motifs is 1. The minimum atomic E-state index is -0.451. The van der Waals surface area contributed by atoms with Crippen LogP contribution < -0.4 is 10.5 Å². The lowest BCUT2D eigenvalue weighted by molar-refractivity contribution is -0.0648. The fourth-order valence-electron chi connectivity index (χ4n) is 2.77. The zero-order chi connectivity index (χ0) is 16.4. The summed E-state index contributed by atoms with van der Waals surface area (Å²) < 4.78 is 16.6. The maximum absolute atomic E-state index is 11.2. The number of likely N-dealkylation sites (tertiary alicyclic amines) is 1. The standard InChI is InChI=1S/C18H18N2O4.H2/c21-18-19-16-8-14(6-7-17(16)24-18)23-15-9-20(10-15)12-22-11-13-4-2-1-3-5-13;/h1-8,15H,9-12H2,(H,19,21);1H. The van der Waals surface area contributed by atoms with Gasteiger partial charge in [-0.3, -0.25) is 9.88 Å². The molecule has 3 aromatic rings. The molecule has 1 fully saturated rings. The van der Waals surface area contributed by atoms with Crippen molar-refractivity contribution in [2.24, 2.45) is 0 Å². The predicted octanol–water partition coefficient (Wildman–Crippen LogP) is 2.60. The van der Waals surface area contributed by atoms with Crippen molar-refractivity contribution in [3.05, 3.63) is 64.6 Å². The Labute approximate surface area is 140 Å². The summed E-state index contributed by atoms with van der Waals surface area (Å²) in [6.07, 6.45) is 0.140. The van der Waals surface area contributed by atoms with Crippen molar-refractivity contribution < 1.29 is 15.3 Å². The Kier molecular flexibility index (Phi) is 4.06. The number of hydrogen-bond acceptors (Lipinski definition) is 5. The quantitative estimate of drug-likeness (QED) is 0.753. The van der Waals surface area contributed by atoms with Crippen molar-refractivity contribution in [1.82, 2.24) is 9.88 Å². The molecule has 1 saturated heterocycles. The Morgan fingerprint density at radius 1 is 1.21 bits per heavy atom. The summed E-state index contributed by atoms with van der Waals surface area (Å²) >= 11 is 0. The molecule has 0 aliphatic carbocycles. The van der Waals surface area contributed by atoms with Gasteiger partial charge in [0.2, 0.25) is 0 Å². The van der Waals surface area contributed by atoms with Gasteiger partial charge in [0, 0.05) is 20.6 Å². The van der Waals surface area contributed by atoms with Gasteiger partial charge < -0.3 is 13.9 Å². The zero-order valence-electron chi connectivity index (χ0n) is 13.1. The molecule has 0 radical (unpaired) electrons. The minimum absolute atomic E-state index is 0. The van der Waals surface area contributed by atoms with Crippen LogP contribution in [0.3, 0.4) is 0 Å². The topological polar surface area (TPSA) is 67.7 Å². The summed E-state index contributed by atoms with van der Waals surface area (Å²) in [7, 11) is 0. The summed E-state index contributed by atoms with van der Waals surface area (Å²) in [6.45, 7) is 2.87. The van der Waals surface area contributed by atoms with Crippen molar-refractivity contribution in [3.8, 4) is 5.75 Å². The fourth-order valence-corrected chi connectivity index (χ4v) is 2.77. The first-order valence-corrected chi connectivity index (χ1v) is 7.90. The van der Waals surface area contributed by atoms with Crippen molar-refractivity contribution in [1.29, 1.82) is 0 Å². The molecule has 1 N–H and O–H groups in total. The monoisotopic (exact) mass is 328 g/mol. The molecule has 2 heterocycles. The number of oxazole rings is 1. The predicted molar refractivity (Wildman–Crippen MR) is 91.0 cm³/mol. The Bertz CT molecular complexity index is 871. The number of aromatic amines is 1. The Balaban J connectivity index is 0.00000182. The highest BCUT2D eigenvalue weighted by Gasteiger charge is 2.28. The molecule has 0 unspecified atom stereocenters. The lowest BCUT2D eigenvalue weighted by Crippen LogP contribution is -2.54. The molecule has 0 atom stereocenters. The minimum Gasteiger partial charge on any atom is -0.488 e. The number of H-pyrrole nitrogens is 1. The summed E-state index contributed by atoms with van der Waals surface area (Å²) in [4.78, 5) is 16.0. The maximum atomic E-state index is 11.2. The number of rotatable bonds is 6. The number of hydrogen-bond donors (Lipinski definition) is 1. The maximum Gasteiger partial charge on any atom is 0.417 e. The molecule has 1 aromatic heterocycles. The third-order valence-corrected chi connectivity index (χ3v) is 4.00. The Morgan fingerprint density at radius 2 is 2.04 bits per heavy atom. The van der Waals surface area contributed by atoms with Gasteiger partial charge in [0.25, 0.3) is 0 Å². The van der Waals surface area contributed by atoms with E-state index in [1.54, 1.807) is 12.1 Å². The van der Waals surface area contributed by atoms with Gasteiger partial charge >= 0.3 is 5.76 Å². The van der Waals surface area contributed by atoms with Crippen LogP contribution in [0.4, 0.5) is 0 Å². The molecule has 6 heteroatoms. The average Bonchev–Trinajstić information content (AvgIpc) is 2.92. The van der Waals surface area contributed by atoms with Crippen LogP contribution in [0.1, 0.15) is 6.99 Å². The molecule has 0 amide bonds. The van der Waals surface area contributed by atoms with Gasteiger partial charge in [-0.2, -0.15) is 0 Å². The number of nitrogens with one attached hydrogen (secondary N) is 1. The van der Waals surface area contributed by atoms with Crippen LogP contribution in [0.15, 0.2) is 57.7 Å². The second-order valence-corrected chi connectivity index (χ2v) is 5.91. The van der Waals surface area contributed by atoms with Crippen molar-refractivity contribution in [2.45, 2.75) is 12.7 Å². The molecule has 1 aliphatic rings. The van der Waals surface area contributed by atoms with E-state index in [0.717, 1.165) is 18.8 Å². The smallest absolute Gasteiger partial charge is 0.417 e. The van der Waals surface area contributed by atoms with Gasteiger partial charge in [0.1, 0.15) is 11.9 Å². The molecule has 6 nitrogen and oxygen atoms in total. The first-order chi connectivity index (χ1) is 11.8. The van der Waals surface area contributed by atoms with Gasteiger partial charge in [-0.25, -0.2) is 4.79 Å². The Hall–Kier alpha value is -2.57. The second-order valence-electron chi connectivity index (χ2n) is 5.91. The molecule has 4 rings (SSSR count). The van der Waals surface area contributed by atoms with E-state index < -0.39 is 5.76 Å². The molecule has 0 saturated carbocycles. The van der Waals surface area contributed by atoms with E-state index in [0.29, 0.717) is 24.4 Å². The highest BCUT2D eigenvalue weighted by Crippen LogP contribution is 2.22. The van der Waals surface area contributed by atoms with Gasteiger partial charge in [0.05, 0.1) is 18.9 Å². The fraction of sp³-hybridized carbons (Fsp3) is 0.278. The lowest BCUT2D eigenvalue weighted by Gasteiger charge is -2.38. The summed E-state index contributed by atoms with van der Waals surface area (Å²) in [5.41, 5.74) is 2.37. The van der Waals surface area contributed by atoms with Crippen LogP contribution in [0.5, 0.6) is 5.75 Å². The third-order valence-electron chi connectivity index (χ3n) is 4.00. The Morgan fingerprint density at radius 3 is 2.88 bits per heavy atom. The van der Waals surface area contributed by atoms with E-state index in [-0.39, 0.29) is 7.53 Å². The highest BCUT2D eigenvalue weighted by molar-refractivity contribution is 5.73. The number of aromatic nitrogens is 1. The first-order valence-electron chi connectivity index (χ1n) is 7.90. The average molecular weight is 328 g/mol. The van der Waals surface area contributed by atoms with Crippen LogP contribution in [-0.2, 0) is 11.3 Å². The van der Waals surface area contributed by atoms with E-state index in [4.69, 9.17) is 13.9 Å². The number of ether oxygens (including phenoxy) is 2. The van der Waals surface area contributed by atoms with Crippen LogP contribution in [0, 0.1) is 0 Å². The molecule has 2 aromatic carbocycles. The van der Waals surface area contributed by atoms with Gasteiger partial charge in [-0.1, -0.05) is 30.3 Å². The van der Waals surface area contributed by atoms with E-state index in [1.165, 1.54) is 5.56 Å². The van der Waals surface area contributed by atoms with Crippen LogP contribution >= 0.6 is 0 Å². The summed E-state index contributed by atoms with van der Waals surface area (Å²) in [5, 5.41) is 0. The highest BCUT2D eigenvalue weighted by atomic mass is 16.5. The molecule has 126 valence electrons. The van der Waals surface area contributed by atoms with E-state index in [1.807, 2.05) is 24.3 Å². The van der Waals surface area contributed by atoms with Crippen molar-refractivity contribution in [2.75, 3.05) is 19.8 Å². The summed E-state index contributed by atoms with van der Waals surface area (Å²) in [6, 6.07) is 15.5. The third kappa shape index (κ3) is 3.34. The van der Waals surface area contributed by atoms with E-state index in [2.05, 4.69) is 22.0 Å². The van der Waals surface area contributed by atoms with Gasteiger partial charge in [-0.15, -0.1) is 0 Å².